The van der Waals surface area contributed by atoms with Gasteiger partial charge in [0.15, 0.2) is 5.16 Å². The molecule has 0 radical (unpaired) electrons. The molecule has 0 saturated carbocycles. The summed E-state index contributed by atoms with van der Waals surface area (Å²) >= 11 is 5.07. The first-order chi connectivity index (χ1) is 16.4. The summed E-state index contributed by atoms with van der Waals surface area (Å²) < 4.78 is 36.3. The molecule has 0 amide bonds. The third-order valence-electron chi connectivity index (χ3n) is 5.55. The molecule has 1 aromatic heterocycles. The van der Waals surface area contributed by atoms with Gasteiger partial charge in [-0.25, -0.2) is 13.4 Å². The molecule has 0 spiro atoms. The van der Waals surface area contributed by atoms with Crippen LogP contribution in [0.4, 0.5) is 0 Å². The summed E-state index contributed by atoms with van der Waals surface area (Å²) in [5.41, 5.74) is 3.46. The molecule has 0 aliphatic rings. The van der Waals surface area contributed by atoms with Crippen LogP contribution in [0.2, 0.25) is 0 Å². The number of rotatable bonds is 9. The molecule has 0 N–H and O–H groups in total. The Hall–Kier alpha value is -2.33. The number of imidazole rings is 1. The van der Waals surface area contributed by atoms with E-state index in [1.54, 1.807) is 31.0 Å². The first-order valence-electron chi connectivity index (χ1n) is 10.9. The van der Waals surface area contributed by atoms with Crippen molar-refractivity contribution in [2.45, 2.75) is 29.7 Å². The van der Waals surface area contributed by atoms with Gasteiger partial charge in [0.25, 0.3) is 0 Å². The number of methoxy groups -OCH3 is 1. The Bertz CT molecular complexity index is 1400. The van der Waals surface area contributed by atoms with Gasteiger partial charge in [-0.3, -0.25) is 4.57 Å². The van der Waals surface area contributed by atoms with Crippen molar-refractivity contribution in [3.8, 4) is 11.4 Å². The number of benzene rings is 3. The maximum absolute atomic E-state index is 13.1. The van der Waals surface area contributed by atoms with E-state index >= 15 is 0 Å². The summed E-state index contributed by atoms with van der Waals surface area (Å²) in [6.45, 7) is 4.52. The normalized spacial score (nSPS) is 11.9. The number of halogens is 1. The number of para-hydroxylation sites is 2. The lowest BCUT2D eigenvalue weighted by atomic mass is 10.2. The van der Waals surface area contributed by atoms with E-state index in [0.717, 1.165) is 32.1 Å². The van der Waals surface area contributed by atoms with Crippen molar-refractivity contribution in [2.75, 3.05) is 20.2 Å². The SMILES string of the molecule is CCN(CC)S(=O)(=O)c1ccc2c(c1)nc(SCc1ccc(Br)cc1)n2-c1ccccc1OC. The number of sulfonamides is 1. The molecule has 0 aliphatic heterocycles. The second-order valence-electron chi connectivity index (χ2n) is 7.56. The van der Waals surface area contributed by atoms with Gasteiger partial charge in [-0.05, 0) is 48.0 Å². The molecule has 0 fully saturated rings. The quantitative estimate of drug-likeness (QED) is 0.231. The molecule has 1 heterocycles. The summed E-state index contributed by atoms with van der Waals surface area (Å²) in [6, 6.07) is 21.1. The van der Waals surface area contributed by atoms with Gasteiger partial charge >= 0.3 is 0 Å². The summed E-state index contributed by atoms with van der Waals surface area (Å²) in [4.78, 5) is 5.11. The third kappa shape index (κ3) is 4.88. The monoisotopic (exact) mass is 559 g/mol. The fourth-order valence-corrected chi connectivity index (χ4v) is 6.50. The second-order valence-corrected chi connectivity index (χ2v) is 11.4. The fourth-order valence-electron chi connectivity index (χ4n) is 3.78. The molecule has 0 saturated heterocycles. The lowest BCUT2D eigenvalue weighted by Crippen LogP contribution is -2.30. The third-order valence-corrected chi connectivity index (χ3v) is 9.13. The van der Waals surface area contributed by atoms with Gasteiger partial charge in [-0.2, -0.15) is 4.31 Å². The highest BCUT2D eigenvalue weighted by molar-refractivity contribution is 9.10. The number of hydrogen-bond donors (Lipinski definition) is 0. The molecular formula is C25H26BrN3O3S2. The van der Waals surface area contributed by atoms with Crippen molar-refractivity contribution in [2.24, 2.45) is 0 Å². The zero-order valence-corrected chi connectivity index (χ0v) is 22.5. The molecular weight excluding hydrogens is 534 g/mol. The van der Waals surface area contributed by atoms with E-state index < -0.39 is 10.0 Å². The average Bonchev–Trinajstić information content (AvgIpc) is 3.21. The van der Waals surface area contributed by atoms with Crippen molar-refractivity contribution in [1.82, 2.24) is 13.9 Å². The largest absolute Gasteiger partial charge is 0.495 e. The van der Waals surface area contributed by atoms with Gasteiger partial charge in [0.1, 0.15) is 5.75 Å². The van der Waals surface area contributed by atoms with Gasteiger partial charge in [-0.15, -0.1) is 0 Å². The number of nitrogens with zero attached hydrogens (tertiary/aromatic N) is 3. The predicted octanol–water partition coefficient (Wildman–Crippen LogP) is 6.12. The van der Waals surface area contributed by atoms with Crippen LogP contribution in [-0.4, -0.2) is 42.5 Å². The number of ether oxygens (including phenoxy) is 1. The Balaban J connectivity index is 1.84. The van der Waals surface area contributed by atoms with Crippen molar-refractivity contribution >= 4 is 48.7 Å². The van der Waals surface area contributed by atoms with Gasteiger partial charge < -0.3 is 4.74 Å². The van der Waals surface area contributed by atoms with E-state index in [2.05, 4.69) is 28.1 Å². The van der Waals surface area contributed by atoms with Crippen LogP contribution in [0.1, 0.15) is 19.4 Å². The fraction of sp³-hybridized carbons (Fsp3) is 0.240. The first kappa shape index (κ1) is 24.8. The van der Waals surface area contributed by atoms with E-state index in [-0.39, 0.29) is 4.90 Å². The molecule has 0 unspecified atom stereocenters. The summed E-state index contributed by atoms with van der Waals surface area (Å²) in [6.07, 6.45) is 0. The topological polar surface area (TPSA) is 64.4 Å². The zero-order valence-electron chi connectivity index (χ0n) is 19.2. The highest BCUT2D eigenvalue weighted by Gasteiger charge is 2.24. The van der Waals surface area contributed by atoms with Crippen LogP contribution in [0.3, 0.4) is 0 Å². The molecule has 9 heteroatoms. The van der Waals surface area contributed by atoms with Gasteiger partial charge in [0, 0.05) is 23.3 Å². The molecule has 3 aromatic carbocycles. The van der Waals surface area contributed by atoms with E-state index in [9.17, 15) is 8.42 Å². The number of fused-ring (bicyclic) bond motifs is 1. The van der Waals surface area contributed by atoms with Crippen LogP contribution in [0.25, 0.3) is 16.7 Å². The van der Waals surface area contributed by atoms with Gasteiger partial charge in [-0.1, -0.05) is 65.8 Å². The minimum Gasteiger partial charge on any atom is -0.495 e. The van der Waals surface area contributed by atoms with Crippen LogP contribution in [-0.2, 0) is 15.8 Å². The lowest BCUT2D eigenvalue weighted by Gasteiger charge is -2.18. The molecule has 0 atom stereocenters. The first-order valence-corrected chi connectivity index (χ1v) is 14.1. The molecule has 4 rings (SSSR count). The Kier molecular flexibility index (Phi) is 7.67. The summed E-state index contributed by atoms with van der Waals surface area (Å²) in [7, 11) is -1.94. The van der Waals surface area contributed by atoms with E-state index in [1.165, 1.54) is 4.31 Å². The van der Waals surface area contributed by atoms with Gasteiger partial charge in [0.2, 0.25) is 10.0 Å². The smallest absolute Gasteiger partial charge is 0.243 e. The highest BCUT2D eigenvalue weighted by Crippen LogP contribution is 2.35. The number of aromatic nitrogens is 2. The maximum Gasteiger partial charge on any atom is 0.243 e. The van der Waals surface area contributed by atoms with E-state index in [1.807, 2.05) is 60.9 Å². The minimum absolute atomic E-state index is 0.248. The molecule has 4 aromatic rings. The van der Waals surface area contributed by atoms with Crippen LogP contribution in [0, 0.1) is 0 Å². The van der Waals surface area contributed by atoms with E-state index in [0.29, 0.717) is 24.4 Å². The highest BCUT2D eigenvalue weighted by atomic mass is 79.9. The molecule has 6 nitrogen and oxygen atoms in total. The maximum atomic E-state index is 13.1. The number of thioether (sulfide) groups is 1. The van der Waals surface area contributed by atoms with Crippen LogP contribution >= 0.6 is 27.7 Å². The van der Waals surface area contributed by atoms with Crippen LogP contribution in [0.5, 0.6) is 5.75 Å². The molecule has 0 aliphatic carbocycles. The molecule has 34 heavy (non-hydrogen) atoms. The Labute approximate surface area is 213 Å². The standard InChI is InChI=1S/C25H26BrN3O3S2/c1-4-28(5-2)34(30,31)20-14-15-22-21(16-20)27-25(33-17-18-10-12-19(26)13-11-18)29(22)23-8-6-7-9-24(23)32-3/h6-16H,4-5,17H2,1-3H3. The Morgan fingerprint density at radius 1 is 1.03 bits per heavy atom. The number of hydrogen-bond acceptors (Lipinski definition) is 5. The minimum atomic E-state index is -3.58. The Morgan fingerprint density at radius 3 is 2.41 bits per heavy atom. The van der Waals surface area contributed by atoms with Crippen LogP contribution in [0.15, 0.2) is 81.3 Å². The van der Waals surface area contributed by atoms with Crippen molar-refractivity contribution in [3.63, 3.8) is 0 Å². The lowest BCUT2D eigenvalue weighted by molar-refractivity contribution is 0.412. The molecule has 0 bridgehead atoms. The zero-order chi connectivity index (χ0) is 24.3. The van der Waals surface area contributed by atoms with Crippen LogP contribution < -0.4 is 4.74 Å². The molecule has 178 valence electrons. The second kappa shape index (κ2) is 10.5. The van der Waals surface area contributed by atoms with Crippen molar-refractivity contribution in [1.29, 1.82) is 0 Å². The summed E-state index contributed by atoms with van der Waals surface area (Å²) in [5.74, 6) is 1.43. The van der Waals surface area contributed by atoms with Gasteiger partial charge in [0.05, 0.1) is 28.7 Å². The predicted molar refractivity (Wildman–Crippen MR) is 141 cm³/mol. The van der Waals surface area contributed by atoms with Crippen molar-refractivity contribution in [3.05, 3.63) is 76.8 Å². The Morgan fingerprint density at radius 2 is 1.74 bits per heavy atom. The summed E-state index contributed by atoms with van der Waals surface area (Å²) in [5, 5.41) is 0.764. The van der Waals surface area contributed by atoms with E-state index in [4.69, 9.17) is 9.72 Å². The van der Waals surface area contributed by atoms with Crippen molar-refractivity contribution < 1.29 is 13.2 Å². The average molecular weight is 561 g/mol.